The first-order valence-electron chi connectivity index (χ1n) is 2.87. The van der Waals surface area contributed by atoms with E-state index in [-0.39, 0.29) is 6.54 Å². The van der Waals surface area contributed by atoms with Gasteiger partial charge in [-0.3, -0.25) is 0 Å². The van der Waals surface area contributed by atoms with Gasteiger partial charge in [-0.05, 0) is 0 Å². The number of rotatable bonds is 5. The van der Waals surface area contributed by atoms with Gasteiger partial charge in [0, 0.05) is 24.3 Å². The summed E-state index contributed by atoms with van der Waals surface area (Å²) in [4.78, 5) is 0. The van der Waals surface area contributed by atoms with Crippen LogP contribution in [0, 0.1) is 0 Å². The average molecular weight is 237 g/mol. The van der Waals surface area contributed by atoms with Gasteiger partial charge in [-0.15, -0.1) is 0 Å². The number of hydrogen-bond donors (Lipinski definition) is 2. The average Bonchev–Trinajstić information content (AvgIpc) is 1.84. The fourth-order valence-corrected chi connectivity index (χ4v) is 1.59. The highest BCUT2D eigenvalue weighted by molar-refractivity contribution is 8.13. The molecule has 0 aliphatic heterocycles. The number of hydrogen-bond acceptors (Lipinski definition) is 4. The van der Waals surface area contributed by atoms with Crippen LogP contribution in [0.5, 0.6) is 0 Å². The molecule has 0 radical (unpaired) electrons. The van der Waals surface area contributed by atoms with Crippen molar-refractivity contribution in [2.24, 2.45) is 0 Å². The van der Waals surface area contributed by atoms with Crippen molar-refractivity contribution in [2.75, 3.05) is 19.3 Å². The Balaban J connectivity index is 3.89. The van der Waals surface area contributed by atoms with Crippen LogP contribution in [0.3, 0.4) is 0 Å². The van der Waals surface area contributed by atoms with E-state index in [1.807, 2.05) is 9.44 Å². The van der Waals surface area contributed by atoms with Gasteiger partial charge < -0.3 is 0 Å². The third-order valence-electron chi connectivity index (χ3n) is 0.907. The molecule has 0 saturated carbocycles. The van der Waals surface area contributed by atoms with Gasteiger partial charge in [0.15, 0.2) is 0 Å². The van der Waals surface area contributed by atoms with Crippen molar-refractivity contribution in [2.45, 2.75) is 0 Å². The Morgan fingerprint density at radius 2 is 1.75 bits per heavy atom. The Hall–Kier alpha value is 0.110. The Kier molecular flexibility index (Phi) is 4.42. The minimum absolute atomic E-state index is 0.241. The molecule has 0 heterocycles. The highest BCUT2D eigenvalue weighted by Crippen LogP contribution is 1.93. The summed E-state index contributed by atoms with van der Waals surface area (Å²) in [5.74, 6) is -0.435. The third-order valence-corrected chi connectivity index (χ3v) is 3.18. The summed E-state index contributed by atoms with van der Waals surface area (Å²) >= 11 is 0. The van der Waals surface area contributed by atoms with Crippen LogP contribution in [0.2, 0.25) is 0 Å². The lowest BCUT2D eigenvalue weighted by Crippen LogP contribution is -2.36. The van der Waals surface area contributed by atoms with Gasteiger partial charge in [-0.25, -0.2) is 17.9 Å². The Morgan fingerprint density at radius 3 is 2.08 bits per heavy atom. The van der Waals surface area contributed by atoms with Gasteiger partial charge in [0.05, 0.1) is 5.75 Å². The minimum atomic E-state index is -3.64. The van der Waals surface area contributed by atoms with Crippen LogP contribution < -0.4 is 9.44 Å². The summed E-state index contributed by atoms with van der Waals surface area (Å²) in [7, 11) is -1.17. The fraction of sp³-hybridized carbons (Fsp3) is 1.00. The van der Waals surface area contributed by atoms with Gasteiger partial charge >= 0.3 is 0 Å². The molecule has 0 fully saturated rings. The SMILES string of the molecule is CNS(=O)(=O)NCCS(=O)(=O)Cl. The van der Waals surface area contributed by atoms with Gasteiger partial charge in [-0.2, -0.15) is 8.42 Å². The van der Waals surface area contributed by atoms with Crippen molar-refractivity contribution >= 4 is 29.9 Å². The number of nitrogens with one attached hydrogen (secondary N) is 2. The van der Waals surface area contributed by atoms with E-state index in [1.54, 1.807) is 0 Å². The molecule has 0 bridgehead atoms. The quantitative estimate of drug-likeness (QED) is 0.575. The molecule has 2 N–H and O–H groups in total. The van der Waals surface area contributed by atoms with E-state index in [9.17, 15) is 16.8 Å². The topological polar surface area (TPSA) is 92.3 Å². The molecule has 0 rings (SSSR count). The van der Waals surface area contributed by atoms with E-state index >= 15 is 0 Å². The van der Waals surface area contributed by atoms with Crippen molar-refractivity contribution < 1.29 is 16.8 Å². The van der Waals surface area contributed by atoms with E-state index in [1.165, 1.54) is 7.05 Å². The van der Waals surface area contributed by atoms with Crippen molar-refractivity contribution in [3.63, 3.8) is 0 Å². The van der Waals surface area contributed by atoms with Gasteiger partial charge in [-0.1, -0.05) is 0 Å². The molecule has 0 aliphatic rings. The zero-order chi connectivity index (χ0) is 9.83. The lowest BCUT2D eigenvalue weighted by atomic mass is 10.8. The summed E-state index contributed by atoms with van der Waals surface area (Å²) in [6.45, 7) is -0.241. The van der Waals surface area contributed by atoms with E-state index in [0.29, 0.717) is 0 Å². The molecule has 0 unspecified atom stereocenters. The monoisotopic (exact) mass is 236 g/mol. The molecule has 0 aromatic carbocycles. The maximum absolute atomic E-state index is 10.6. The fourth-order valence-electron chi connectivity index (χ4n) is 0.370. The molecule has 9 heteroatoms. The Labute approximate surface area is 75.9 Å². The molecular weight excluding hydrogens is 228 g/mol. The van der Waals surface area contributed by atoms with Gasteiger partial charge in [0.2, 0.25) is 9.05 Å². The van der Waals surface area contributed by atoms with Crippen LogP contribution in [-0.2, 0) is 19.3 Å². The Morgan fingerprint density at radius 1 is 1.25 bits per heavy atom. The van der Waals surface area contributed by atoms with Crippen LogP contribution in [0.4, 0.5) is 0 Å². The number of halogens is 1. The van der Waals surface area contributed by atoms with Crippen molar-refractivity contribution in [1.29, 1.82) is 0 Å². The summed E-state index contributed by atoms with van der Waals surface area (Å²) in [6.07, 6.45) is 0. The maximum atomic E-state index is 10.6. The smallest absolute Gasteiger partial charge is 0.212 e. The van der Waals surface area contributed by atoms with Gasteiger partial charge in [0.25, 0.3) is 10.2 Å². The largest absolute Gasteiger partial charge is 0.276 e. The first-order valence-corrected chi connectivity index (χ1v) is 6.83. The van der Waals surface area contributed by atoms with Crippen LogP contribution in [-0.4, -0.2) is 36.2 Å². The first-order chi connectivity index (χ1) is 5.27. The van der Waals surface area contributed by atoms with E-state index in [0.717, 1.165) is 0 Å². The first kappa shape index (κ1) is 12.1. The second-order valence-electron chi connectivity index (χ2n) is 1.84. The summed E-state index contributed by atoms with van der Waals surface area (Å²) in [5.41, 5.74) is 0. The summed E-state index contributed by atoms with van der Waals surface area (Å²) in [6, 6.07) is 0. The third kappa shape index (κ3) is 6.80. The lowest BCUT2D eigenvalue weighted by molar-refractivity contribution is 0.574. The zero-order valence-corrected chi connectivity index (χ0v) is 8.63. The second kappa shape index (κ2) is 4.38. The highest BCUT2D eigenvalue weighted by Gasteiger charge is 2.08. The van der Waals surface area contributed by atoms with E-state index in [4.69, 9.17) is 10.7 Å². The predicted molar refractivity (Wildman–Crippen MR) is 45.6 cm³/mol. The van der Waals surface area contributed by atoms with Crippen LogP contribution in [0.25, 0.3) is 0 Å². The minimum Gasteiger partial charge on any atom is -0.212 e. The van der Waals surface area contributed by atoms with Crippen LogP contribution in [0.15, 0.2) is 0 Å². The molecule has 0 aromatic heterocycles. The van der Waals surface area contributed by atoms with Crippen molar-refractivity contribution in [3.8, 4) is 0 Å². The van der Waals surface area contributed by atoms with Crippen LogP contribution >= 0.6 is 10.7 Å². The maximum Gasteiger partial charge on any atom is 0.276 e. The zero-order valence-electron chi connectivity index (χ0n) is 6.24. The van der Waals surface area contributed by atoms with Crippen molar-refractivity contribution in [3.05, 3.63) is 0 Å². The highest BCUT2D eigenvalue weighted by atomic mass is 35.7. The molecule has 0 spiro atoms. The standard InChI is InChI=1S/C3H9ClN2O4S2/c1-5-12(9,10)6-2-3-11(4,7)8/h5-6H,2-3H2,1H3. The molecular formula is C3H9ClN2O4S2. The second-order valence-corrected chi connectivity index (χ2v) is 6.45. The molecule has 0 aliphatic carbocycles. The molecule has 0 amide bonds. The normalized spacial score (nSPS) is 13.2. The summed E-state index contributed by atoms with van der Waals surface area (Å²) < 4.78 is 45.8. The molecule has 74 valence electrons. The predicted octanol–water partition coefficient (Wildman–Crippen LogP) is -1.39. The summed E-state index contributed by atoms with van der Waals surface area (Å²) in [5, 5.41) is 0. The Bertz CT molecular complexity index is 320. The molecule has 0 aromatic rings. The molecule has 12 heavy (non-hydrogen) atoms. The van der Waals surface area contributed by atoms with Gasteiger partial charge in [0.1, 0.15) is 0 Å². The van der Waals surface area contributed by atoms with E-state index in [2.05, 4.69) is 0 Å². The molecule has 0 atom stereocenters. The van der Waals surface area contributed by atoms with Crippen molar-refractivity contribution in [1.82, 2.24) is 9.44 Å². The molecule has 0 saturated heterocycles. The van der Waals surface area contributed by atoms with E-state index < -0.39 is 25.0 Å². The lowest BCUT2D eigenvalue weighted by Gasteiger charge is -2.02. The molecule has 6 nitrogen and oxygen atoms in total. The van der Waals surface area contributed by atoms with Crippen LogP contribution in [0.1, 0.15) is 0 Å².